The van der Waals surface area contributed by atoms with Crippen LogP contribution >= 0.6 is 0 Å². The van der Waals surface area contributed by atoms with E-state index in [1.54, 1.807) is 30.7 Å². The first-order valence-electron chi connectivity index (χ1n) is 11.4. The van der Waals surface area contributed by atoms with Crippen molar-refractivity contribution in [3.63, 3.8) is 0 Å². The lowest BCUT2D eigenvalue weighted by molar-refractivity contribution is -0.127. The zero-order chi connectivity index (χ0) is 22.9. The summed E-state index contributed by atoms with van der Waals surface area (Å²) >= 11 is 0. The van der Waals surface area contributed by atoms with Gasteiger partial charge in [-0.1, -0.05) is 30.3 Å². The molecule has 2 heterocycles. The highest BCUT2D eigenvalue weighted by atomic mass is 19.1. The molecule has 0 aliphatic carbocycles. The minimum atomic E-state index is -0.458. The van der Waals surface area contributed by atoms with Crippen LogP contribution in [0.5, 0.6) is 5.75 Å². The van der Waals surface area contributed by atoms with Gasteiger partial charge < -0.3 is 15.0 Å². The Morgan fingerprint density at radius 1 is 1.09 bits per heavy atom. The molecule has 1 saturated heterocycles. The van der Waals surface area contributed by atoms with E-state index in [0.717, 1.165) is 50.2 Å². The summed E-state index contributed by atoms with van der Waals surface area (Å²) in [7, 11) is 0. The van der Waals surface area contributed by atoms with E-state index in [-0.39, 0.29) is 17.6 Å². The number of amides is 1. The molecule has 0 saturated carbocycles. The summed E-state index contributed by atoms with van der Waals surface area (Å²) in [4.78, 5) is 24.0. The van der Waals surface area contributed by atoms with E-state index < -0.39 is 6.04 Å². The normalized spacial score (nSPS) is 15.7. The lowest BCUT2D eigenvalue weighted by Gasteiger charge is -2.32. The Kier molecular flexibility index (Phi) is 7.98. The molecule has 1 atom stereocenters. The van der Waals surface area contributed by atoms with E-state index >= 15 is 0 Å². The fourth-order valence-corrected chi connectivity index (χ4v) is 4.12. The molecule has 4 rings (SSSR count). The third-order valence-corrected chi connectivity index (χ3v) is 5.96. The molecule has 0 spiro atoms. The molecule has 1 aromatic heterocycles. The number of likely N-dealkylation sites (tertiary alicyclic amines) is 1. The van der Waals surface area contributed by atoms with E-state index in [1.807, 2.05) is 30.3 Å². The Hall–Kier alpha value is -3.32. The molecule has 2 aromatic carbocycles. The van der Waals surface area contributed by atoms with Gasteiger partial charge >= 0.3 is 0 Å². The first kappa shape index (κ1) is 22.9. The molecule has 0 bridgehead atoms. The quantitative estimate of drug-likeness (QED) is 0.501. The number of benzene rings is 2. The second kappa shape index (κ2) is 11.5. The second-order valence-electron chi connectivity index (χ2n) is 8.25. The van der Waals surface area contributed by atoms with Gasteiger partial charge in [-0.2, -0.15) is 0 Å². The van der Waals surface area contributed by atoms with Gasteiger partial charge in [-0.3, -0.25) is 14.8 Å². The van der Waals surface area contributed by atoms with Crippen molar-refractivity contribution in [1.82, 2.24) is 20.2 Å². The van der Waals surface area contributed by atoms with Crippen LogP contribution in [0.2, 0.25) is 0 Å². The third-order valence-electron chi connectivity index (χ3n) is 5.96. The molecular weight excluding hydrogens is 419 g/mol. The van der Waals surface area contributed by atoms with Crippen LogP contribution in [0.4, 0.5) is 4.39 Å². The molecule has 172 valence electrons. The molecule has 1 fully saturated rings. The molecule has 1 N–H and O–H groups in total. The average Bonchev–Trinajstić information content (AvgIpc) is 2.87. The number of halogens is 1. The maximum Gasteiger partial charge on any atom is 0.224 e. The highest BCUT2D eigenvalue weighted by Crippen LogP contribution is 2.23. The summed E-state index contributed by atoms with van der Waals surface area (Å²) in [6.07, 6.45) is 7.38. The van der Waals surface area contributed by atoms with Gasteiger partial charge in [-0.05, 0) is 62.2 Å². The first-order chi connectivity index (χ1) is 16.2. The van der Waals surface area contributed by atoms with Gasteiger partial charge in [0, 0.05) is 24.9 Å². The Morgan fingerprint density at radius 3 is 2.55 bits per heavy atom. The smallest absolute Gasteiger partial charge is 0.224 e. The predicted octanol–water partition coefficient (Wildman–Crippen LogP) is 4.00. The molecule has 7 heteroatoms. The molecule has 6 nitrogen and oxygen atoms in total. The standard InChI is InChI=1S/C26H29FN4O2/c27-22-9-7-20(8-10-22)25(24-19-28-13-14-29-24)30-26(32)21-11-16-31(17-12-21)15-4-18-33-23-5-2-1-3-6-23/h1-3,5-10,13-14,19,21,25H,4,11-12,15-18H2,(H,30,32). The molecule has 0 radical (unpaired) electrons. The van der Waals surface area contributed by atoms with Crippen LogP contribution < -0.4 is 10.1 Å². The largest absolute Gasteiger partial charge is 0.494 e. The number of piperidine rings is 1. The Morgan fingerprint density at radius 2 is 1.85 bits per heavy atom. The van der Waals surface area contributed by atoms with Crippen LogP contribution in [0.15, 0.2) is 73.2 Å². The van der Waals surface area contributed by atoms with Crippen molar-refractivity contribution in [2.75, 3.05) is 26.2 Å². The minimum Gasteiger partial charge on any atom is -0.494 e. The van der Waals surface area contributed by atoms with Gasteiger partial charge in [0.1, 0.15) is 11.6 Å². The Balaban J connectivity index is 1.27. The Labute approximate surface area is 193 Å². The number of nitrogens with one attached hydrogen (secondary N) is 1. The average molecular weight is 449 g/mol. The van der Waals surface area contributed by atoms with Gasteiger partial charge in [-0.15, -0.1) is 0 Å². The fourth-order valence-electron chi connectivity index (χ4n) is 4.12. The predicted molar refractivity (Wildman–Crippen MR) is 124 cm³/mol. The zero-order valence-corrected chi connectivity index (χ0v) is 18.6. The van der Waals surface area contributed by atoms with Crippen LogP contribution in [-0.4, -0.2) is 47.0 Å². The summed E-state index contributed by atoms with van der Waals surface area (Å²) in [5.41, 5.74) is 1.41. The van der Waals surface area contributed by atoms with Crippen molar-refractivity contribution in [2.45, 2.75) is 25.3 Å². The maximum atomic E-state index is 13.4. The van der Waals surface area contributed by atoms with Gasteiger partial charge in [-0.25, -0.2) is 4.39 Å². The van der Waals surface area contributed by atoms with E-state index in [1.165, 1.54) is 12.1 Å². The number of aromatic nitrogens is 2. The van der Waals surface area contributed by atoms with Crippen molar-refractivity contribution in [2.24, 2.45) is 5.92 Å². The molecular formula is C26H29FN4O2. The summed E-state index contributed by atoms with van der Waals surface area (Å²) in [5, 5.41) is 3.12. The van der Waals surface area contributed by atoms with Crippen LogP contribution in [0.1, 0.15) is 36.6 Å². The number of hydrogen-bond donors (Lipinski definition) is 1. The highest BCUT2D eigenvalue weighted by Gasteiger charge is 2.28. The molecule has 33 heavy (non-hydrogen) atoms. The van der Waals surface area contributed by atoms with Crippen LogP contribution in [0.3, 0.4) is 0 Å². The number of ether oxygens (including phenoxy) is 1. The van der Waals surface area contributed by atoms with Crippen molar-refractivity contribution < 1.29 is 13.9 Å². The molecule has 1 unspecified atom stereocenters. The fraction of sp³-hybridized carbons (Fsp3) is 0.346. The number of carbonyl (C=O) groups excluding carboxylic acids is 1. The van der Waals surface area contributed by atoms with Crippen molar-refractivity contribution >= 4 is 5.91 Å². The number of rotatable bonds is 9. The summed E-state index contributed by atoms with van der Waals surface area (Å²) < 4.78 is 19.2. The topological polar surface area (TPSA) is 67.4 Å². The van der Waals surface area contributed by atoms with Crippen LogP contribution in [-0.2, 0) is 4.79 Å². The molecule has 1 aliphatic rings. The first-order valence-corrected chi connectivity index (χ1v) is 11.4. The van der Waals surface area contributed by atoms with Gasteiger partial charge in [0.2, 0.25) is 5.91 Å². The SMILES string of the molecule is O=C(NC(c1ccc(F)cc1)c1cnccn1)C1CCN(CCCOc2ccccc2)CC1. The van der Waals surface area contributed by atoms with Crippen molar-refractivity contribution in [3.8, 4) is 5.75 Å². The molecule has 3 aromatic rings. The van der Waals surface area contributed by atoms with E-state index in [0.29, 0.717) is 12.3 Å². The summed E-state index contributed by atoms with van der Waals surface area (Å²) in [5.74, 6) is 0.527. The number of hydrogen-bond acceptors (Lipinski definition) is 5. The maximum absolute atomic E-state index is 13.4. The van der Waals surface area contributed by atoms with Crippen molar-refractivity contribution in [1.29, 1.82) is 0 Å². The molecule has 1 aliphatic heterocycles. The second-order valence-corrected chi connectivity index (χ2v) is 8.25. The minimum absolute atomic E-state index is 0.00189. The third kappa shape index (κ3) is 6.58. The zero-order valence-electron chi connectivity index (χ0n) is 18.6. The summed E-state index contributed by atoms with van der Waals surface area (Å²) in [6, 6.07) is 15.5. The van der Waals surface area contributed by atoms with E-state index in [2.05, 4.69) is 20.2 Å². The Bertz CT molecular complexity index is 994. The van der Waals surface area contributed by atoms with Gasteiger partial charge in [0.15, 0.2) is 0 Å². The monoisotopic (exact) mass is 448 g/mol. The number of nitrogens with zero attached hydrogens (tertiary/aromatic N) is 3. The summed E-state index contributed by atoms with van der Waals surface area (Å²) in [6.45, 7) is 3.41. The number of carbonyl (C=O) groups is 1. The van der Waals surface area contributed by atoms with E-state index in [4.69, 9.17) is 4.74 Å². The molecule has 1 amide bonds. The highest BCUT2D eigenvalue weighted by molar-refractivity contribution is 5.79. The van der Waals surface area contributed by atoms with E-state index in [9.17, 15) is 9.18 Å². The van der Waals surface area contributed by atoms with Crippen LogP contribution in [0, 0.1) is 11.7 Å². The van der Waals surface area contributed by atoms with Crippen LogP contribution in [0.25, 0.3) is 0 Å². The lowest BCUT2D eigenvalue weighted by atomic mass is 9.94. The van der Waals surface area contributed by atoms with Gasteiger partial charge in [0.05, 0.1) is 24.5 Å². The lowest BCUT2D eigenvalue weighted by Crippen LogP contribution is -2.42. The van der Waals surface area contributed by atoms with Gasteiger partial charge in [0.25, 0.3) is 0 Å². The number of para-hydroxylation sites is 1. The van der Waals surface area contributed by atoms with Crippen molar-refractivity contribution in [3.05, 3.63) is 90.3 Å².